The summed E-state index contributed by atoms with van der Waals surface area (Å²) >= 11 is 0. The minimum atomic E-state index is -1.79. The molecule has 7 aliphatic rings. The second kappa shape index (κ2) is 16.8. The zero-order valence-electron chi connectivity index (χ0n) is 33.2. The average Bonchev–Trinajstić information content (AvgIpc) is 3.96. The molecule has 6 heterocycles. The van der Waals surface area contributed by atoms with E-state index in [0.29, 0.717) is 0 Å². The Hall–Kier alpha value is -2.75. The molecule has 3 unspecified atom stereocenters. The summed E-state index contributed by atoms with van der Waals surface area (Å²) in [6.45, 7) is 8.88. The van der Waals surface area contributed by atoms with E-state index in [0.717, 1.165) is 0 Å². The van der Waals surface area contributed by atoms with Crippen LogP contribution in [0.15, 0.2) is 15.3 Å². The summed E-state index contributed by atoms with van der Waals surface area (Å²) in [6, 6.07) is -5.26. The number of nitrogens with zero attached hydrogens (tertiary/aromatic N) is 10. The van der Waals surface area contributed by atoms with Gasteiger partial charge in [0, 0.05) is 46.5 Å². The van der Waals surface area contributed by atoms with Crippen molar-refractivity contribution >= 4 is 0 Å². The van der Waals surface area contributed by atoms with Crippen molar-refractivity contribution in [2.75, 3.05) is 19.6 Å². The van der Waals surface area contributed by atoms with Gasteiger partial charge in [0.15, 0.2) is 36.2 Å². The van der Waals surface area contributed by atoms with Crippen LogP contribution in [0.2, 0.25) is 0 Å². The first-order chi connectivity index (χ1) is 27.8. The molecular weight excluding hydrogens is 790 g/mol. The van der Waals surface area contributed by atoms with E-state index >= 15 is 0 Å². The van der Waals surface area contributed by atoms with Gasteiger partial charge in [0.2, 0.25) is 0 Å². The van der Waals surface area contributed by atoms with Crippen LogP contribution in [0.1, 0.15) is 48.0 Å². The first-order valence-electron chi connectivity index (χ1n) is 19.5. The maximum Gasteiger partial charge on any atom is 0.188 e. The van der Waals surface area contributed by atoms with Crippen LogP contribution in [-0.2, 0) is 42.6 Å². The molecule has 0 aromatic heterocycles. The summed E-state index contributed by atoms with van der Waals surface area (Å²) in [5.74, 6) is -3.16. The largest absolute Gasteiger partial charge is 0.389 e. The van der Waals surface area contributed by atoms with Crippen molar-refractivity contribution in [1.29, 1.82) is 0 Å². The molecule has 7 fully saturated rings. The van der Waals surface area contributed by atoms with E-state index in [-0.39, 0.29) is 13.0 Å². The minimum Gasteiger partial charge on any atom is -0.389 e. The van der Waals surface area contributed by atoms with E-state index in [9.17, 15) is 47.2 Å². The summed E-state index contributed by atoms with van der Waals surface area (Å²) in [5.41, 5.74) is 28.1. The molecule has 0 aromatic rings. The highest BCUT2D eigenvalue weighted by atomic mass is 16.9. The molecule has 330 valence electrons. The molecule has 59 heavy (non-hydrogen) atoms. The first kappa shape index (κ1) is 44.3. The molecule has 1 saturated carbocycles. The van der Waals surface area contributed by atoms with Crippen LogP contribution in [0.4, 0.5) is 0 Å². The van der Waals surface area contributed by atoms with Gasteiger partial charge in [0.25, 0.3) is 0 Å². The van der Waals surface area contributed by atoms with Gasteiger partial charge >= 0.3 is 0 Å². The fourth-order valence-electron chi connectivity index (χ4n) is 9.27. The van der Waals surface area contributed by atoms with Crippen molar-refractivity contribution in [2.45, 2.75) is 188 Å². The molecule has 0 bridgehead atoms. The Morgan fingerprint density at radius 1 is 0.593 bits per heavy atom. The van der Waals surface area contributed by atoms with E-state index in [1.165, 1.54) is 4.90 Å². The van der Waals surface area contributed by atoms with E-state index in [1.807, 2.05) is 0 Å². The maximum absolute atomic E-state index is 11.8. The Balaban J connectivity index is 1.11. The third-order valence-electron chi connectivity index (χ3n) is 11.8. The van der Waals surface area contributed by atoms with E-state index in [1.54, 1.807) is 41.5 Å². The van der Waals surface area contributed by atoms with Gasteiger partial charge in [-0.05, 0) is 64.6 Å². The molecular formula is C33H53N11O15. The highest BCUT2D eigenvalue weighted by Crippen LogP contribution is 2.43. The van der Waals surface area contributed by atoms with Crippen molar-refractivity contribution in [1.82, 2.24) is 10.2 Å². The molecule has 26 nitrogen and oxygen atoms in total. The zero-order chi connectivity index (χ0) is 42.8. The highest BCUT2D eigenvalue weighted by Gasteiger charge is 2.60. The van der Waals surface area contributed by atoms with Crippen LogP contribution >= 0.6 is 0 Å². The number of aliphatic hydroxyl groups excluding tert-OH is 6. The third-order valence-corrected chi connectivity index (χ3v) is 11.8. The smallest absolute Gasteiger partial charge is 0.188 e. The number of aliphatic hydroxyl groups is 6. The third kappa shape index (κ3) is 8.82. The molecule has 20 atom stereocenters. The molecule has 0 aromatic carbocycles. The monoisotopic (exact) mass is 843 g/mol. The molecule has 0 spiro atoms. The van der Waals surface area contributed by atoms with Gasteiger partial charge in [-0.2, -0.15) is 0 Å². The van der Waals surface area contributed by atoms with Crippen LogP contribution in [-0.4, -0.2) is 195 Å². The van der Waals surface area contributed by atoms with Crippen LogP contribution < -0.4 is 5.32 Å². The molecule has 0 amide bonds. The van der Waals surface area contributed by atoms with E-state index < -0.39 is 153 Å². The van der Waals surface area contributed by atoms with Crippen molar-refractivity contribution < 1.29 is 73.3 Å². The van der Waals surface area contributed by atoms with Crippen LogP contribution in [0.5, 0.6) is 0 Å². The predicted molar refractivity (Wildman–Crippen MR) is 193 cm³/mol. The average molecular weight is 844 g/mol. The van der Waals surface area contributed by atoms with Gasteiger partial charge in [0.05, 0.1) is 67.0 Å². The zero-order valence-corrected chi connectivity index (χ0v) is 33.2. The van der Waals surface area contributed by atoms with Gasteiger partial charge < -0.3 is 78.6 Å². The normalized spacial score (nSPS) is 45.4. The molecule has 6 aliphatic heterocycles. The van der Waals surface area contributed by atoms with Crippen LogP contribution in [0, 0.1) is 0 Å². The molecule has 7 rings (SSSR count). The van der Waals surface area contributed by atoms with Gasteiger partial charge in [-0.15, -0.1) is 0 Å². The van der Waals surface area contributed by atoms with Gasteiger partial charge in [0.1, 0.15) is 24.4 Å². The summed E-state index contributed by atoms with van der Waals surface area (Å²) in [4.78, 5) is 10.2. The second-order valence-electron chi connectivity index (χ2n) is 17.2. The predicted octanol–water partition coefficient (Wildman–Crippen LogP) is -1.15. The van der Waals surface area contributed by atoms with Crippen molar-refractivity contribution in [3.05, 3.63) is 31.3 Å². The Labute approximate surface area is 337 Å². The van der Waals surface area contributed by atoms with Crippen molar-refractivity contribution in [3.63, 3.8) is 0 Å². The first-order valence-corrected chi connectivity index (χ1v) is 19.5. The summed E-state index contributed by atoms with van der Waals surface area (Å²) in [5, 5.41) is 83.2. The molecule has 0 radical (unpaired) electrons. The van der Waals surface area contributed by atoms with Gasteiger partial charge in [-0.25, -0.2) is 0 Å². The lowest BCUT2D eigenvalue weighted by Gasteiger charge is -2.47. The number of hydrogen-bond donors (Lipinski definition) is 7. The Bertz CT molecular complexity index is 1610. The molecule has 26 heteroatoms. The quantitative estimate of drug-likeness (QED) is 0.0616. The van der Waals surface area contributed by atoms with Crippen LogP contribution in [0.25, 0.3) is 31.3 Å². The van der Waals surface area contributed by atoms with Crippen LogP contribution in [0.3, 0.4) is 0 Å². The highest BCUT2D eigenvalue weighted by molar-refractivity contribution is 5.07. The van der Waals surface area contributed by atoms with Crippen molar-refractivity contribution in [3.8, 4) is 0 Å². The Morgan fingerprint density at radius 3 is 1.34 bits per heavy atom. The Morgan fingerprint density at radius 2 is 0.966 bits per heavy atom. The lowest BCUT2D eigenvalue weighted by molar-refractivity contribution is -0.221. The summed E-state index contributed by atoms with van der Waals surface area (Å²) in [7, 11) is 0. The fourth-order valence-corrected chi connectivity index (χ4v) is 9.27. The standard InChI is InChI=1S/C33H53N11O15/c1-31(2)54-25-16(38-41-34)22(51-28(25)57-31)13(45)8-37-11-7-12(20(49)21(50)19(11)48)44(9-14(46)23-17(39-42-35)26-29(52-23)58-32(3,4)55-26)10-15(47)24-18(40-43-36)27-30(53-24)59-33(5,6)56-27/h11-30,37,45-50H,7-10H2,1-6H3/t11-,12+,13?,14?,15?,16+,17+,18+,19+,20-,21-,22-,23-,24-,25-,26-,27-,28-,29-,30-/m1/s1. The maximum atomic E-state index is 11.8. The van der Waals surface area contributed by atoms with Gasteiger partial charge in [-0.3, -0.25) is 4.90 Å². The molecule has 6 saturated heterocycles. The summed E-state index contributed by atoms with van der Waals surface area (Å²) in [6.07, 6.45) is -18.5. The Kier molecular flexibility index (Phi) is 12.7. The van der Waals surface area contributed by atoms with Gasteiger partial charge in [-0.1, -0.05) is 15.3 Å². The number of rotatable bonds is 14. The number of nitrogens with one attached hydrogen (secondary N) is 1. The second-order valence-corrected chi connectivity index (χ2v) is 17.2. The number of ether oxygens (including phenoxy) is 9. The number of azide groups is 3. The fraction of sp³-hybridized carbons (Fsp3) is 1.00. The van der Waals surface area contributed by atoms with E-state index in [2.05, 4.69) is 35.4 Å². The lowest BCUT2D eigenvalue weighted by atomic mass is 9.82. The lowest BCUT2D eigenvalue weighted by Crippen LogP contribution is -2.66. The van der Waals surface area contributed by atoms with Crippen molar-refractivity contribution in [2.24, 2.45) is 15.3 Å². The number of fused-ring (bicyclic) bond motifs is 3. The summed E-state index contributed by atoms with van der Waals surface area (Å²) < 4.78 is 53.0. The van der Waals surface area contributed by atoms with E-state index in [4.69, 9.17) is 42.6 Å². The molecule has 7 N–H and O–H groups in total. The SMILES string of the molecule is CC1(C)O[C@H]2O[C@H](C(O)CN[C@@H]3C[C@H](N(CC(O)[C@H]4O[C@@H]5OC(C)(C)O[C@@H]5[C@H]4N=[N+]=[N-])CC(O)[C@H]4O[C@@H]5OC(C)(C)O[C@@H]5[C@H]4N=[N+]=[N-])[C@@H](O)[C@H](O)[C@H]3O)[C@H](N=[N+]=[N-])[C@H]2O1. The topological polar surface area (TPSA) is 366 Å². The minimum absolute atomic E-state index is 0.142. The number of hydrogen-bond acceptors (Lipinski definition) is 20. The molecule has 1 aliphatic carbocycles.